The summed E-state index contributed by atoms with van der Waals surface area (Å²) in [6, 6.07) is 23.4. The number of urea groups is 2. The monoisotopic (exact) mass is 1000 g/mol. The van der Waals surface area contributed by atoms with Crippen molar-refractivity contribution in [2.45, 2.75) is 77.1 Å². The van der Waals surface area contributed by atoms with E-state index in [0.29, 0.717) is 63.8 Å². The molecule has 4 amide bonds. The minimum atomic E-state index is -4.70. The van der Waals surface area contributed by atoms with E-state index in [9.17, 15) is 47.1 Å². The molecular weight excluding hydrogens is 953 g/mol. The van der Waals surface area contributed by atoms with E-state index in [4.69, 9.17) is 0 Å². The lowest BCUT2D eigenvalue weighted by molar-refractivity contribution is -0.917. The number of rotatable bonds is 14. The number of alkyl halides is 6. The minimum absolute atomic E-state index is 0.0365. The number of likely N-dealkylation sites (tertiary alicyclic amines) is 1. The van der Waals surface area contributed by atoms with Crippen LogP contribution in [0.1, 0.15) is 96.1 Å². The second-order valence-electron chi connectivity index (χ2n) is 18.7. The summed E-state index contributed by atoms with van der Waals surface area (Å²) < 4.78 is 88.4. The van der Waals surface area contributed by atoms with Gasteiger partial charge in [0.05, 0.1) is 107 Å². The molecule has 1 saturated heterocycles. The zero-order valence-electron chi connectivity index (χ0n) is 40.0. The van der Waals surface area contributed by atoms with Crippen LogP contribution < -0.4 is 9.80 Å². The van der Waals surface area contributed by atoms with E-state index in [0.717, 1.165) is 50.2 Å². The number of hydrogen-bond donors (Lipinski definition) is 2. The number of quaternary nitrogens is 1. The molecule has 5 heterocycles. The molecule has 2 aromatic heterocycles. The van der Waals surface area contributed by atoms with Gasteiger partial charge in [-0.3, -0.25) is 9.80 Å². The van der Waals surface area contributed by atoms with Gasteiger partial charge in [-0.15, -0.1) is 0 Å². The lowest BCUT2D eigenvalue weighted by atomic mass is 9.94. The molecule has 3 aliphatic heterocycles. The van der Waals surface area contributed by atoms with E-state index in [-0.39, 0.29) is 60.7 Å². The molecule has 6 aromatic rings. The van der Waals surface area contributed by atoms with Crippen LogP contribution in [0.25, 0.3) is 0 Å². The molecule has 13 nitrogen and oxygen atoms in total. The number of carbonyl (C=O) groups excluding carboxylic acids is 2. The predicted octanol–water partition coefficient (Wildman–Crippen LogP) is 11.9. The van der Waals surface area contributed by atoms with Gasteiger partial charge >= 0.3 is 24.4 Å². The van der Waals surface area contributed by atoms with Gasteiger partial charge in [-0.2, -0.15) is 36.9 Å². The summed E-state index contributed by atoms with van der Waals surface area (Å²) in [6.07, 6.45) is -3.67. The number of fused-ring (bicyclic) bond motifs is 2. The van der Waals surface area contributed by atoms with E-state index >= 15 is 9.59 Å². The summed E-state index contributed by atoms with van der Waals surface area (Å²) in [5.41, 5.74) is 1.01. The standard InChI is InChI=1S/C54H51F6N9O4/c1-3-63-33-43-45(49(63)70)47(37-19-15-35(31-61)16-20-37)65(51(72)67(43)41-13-7-11-39(29-41)53(55,56)57)23-9-27-69(25-5-6-26-69)28-10-24-66-48(38-21-17-36(32-62)18-22-38)46-44(34-64(4-2)50(46)71)68(52(66)73)42-14-8-12-40(30-42)54(58,59)60/h7-8,11-22,29-30,33-34,47-48H,3-6,9-10,23-28H2,1-2H3,(H-,70,71)/p+1/t47-,48-/m1/s1. The normalized spacial score (nSPS) is 17.7. The number of nitrogens with zero attached hydrogens (tertiary/aromatic N) is 9. The van der Waals surface area contributed by atoms with E-state index in [2.05, 4.69) is 12.1 Å². The third-order valence-electron chi connectivity index (χ3n) is 14.5. The van der Waals surface area contributed by atoms with Crippen molar-refractivity contribution < 1.29 is 50.6 Å². The molecule has 4 aromatic carbocycles. The molecule has 0 bridgehead atoms. The van der Waals surface area contributed by atoms with Gasteiger partial charge in [-0.1, -0.05) is 36.4 Å². The molecule has 0 unspecified atom stereocenters. The lowest BCUT2D eigenvalue weighted by Crippen LogP contribution is -2.52. The first-order chi connectivity index (χ1) is 34.9. The fraction of sp³-hybridized carbons (Fsp3) is 0.333. The number of aryl methyl sites for hydroxylation is 2. The first kappa shape index (κ1) is 50.1. The average molecular weight is 1010 g/mol. The highest BCUT2D eigenvalue weighted by Gasteiger charge is 2.46. The zero-order valence-corrected chi connectivity index (χ0v) is 40.0. The minimum Gasteiger partial charge on any atom is -0.494 e. The summed E-state index contributed by atoms with van der Waals surface area (Å²) in [7, 11) is 0. The van der Waals surface area contributed by atoms with Crippen LogP contribution in [0.15, 0.2) is 109 Å². The van der Waals surface area contributed by atoms with Gasteiger partial charge in [0, 0.05) is 64.3 Å². The number of carbonyl (C=O) groups is 2. The summed E-state index contributed by atoms with van der Waals surface area (Å²) in [6.45, 7) is 7.02. The highest BCUT2D eigenvalue weighted by Crippen LogP contribution is 2.51. The predicted molar refractivity (Wildman–Crippen MR) is 259 cm³/mol. The van der Waals surface area contributed by atoms with Crippen LogP contribution >= 0.6 is 0 Å². The average Bonchev–Trinajstić information content (AvgIpc) is 4.08. The summed E-state index contributed by atoms with van der Waals surface area (Å²) in [4.78, 5) is 35.6. The molecule has 2 atom stereocenters. The van der Waals surface area contributed by atoms with Crippen molar-refractivity contribution in [3.63, 3.8) is 0 Å². The Labute approximate surface area is 417 Å². The molecule has 0 spiro atoms. The van der Waals surface area contributed by atoms with Crippen LogP contribution in [0.4, 0.5) is 58.7 Å². The molecule has 73 heavy (non-hydrogen) atoms. The van der Waals surface area contributed by atoms with E-state index in [1.807, 2.05) is 0 Å². The van der Waals surface area contributed by atoms with Gasteiger partial charge in [0.1, 0.15) is 0 Å². The highest BCUT2D eigenvalue weighted by atomic mass is 19.4. The van der Waals surface area contributed by atoms with Crippen molar-refractivity contribution in [1.29, 1.82) is 10.5 Å². The Balaban J connectivity index is 1.03. The van der Waals surface area contributed by atoms with Gasteiger partial charge in [-0.25, -0.2) is 9.59 Å². The van der Waals surface area contributed by atoms with Crippen molar-refractivity contribution in [2.75, 3.05) is 49.1 Å². The molecule has 1 fully saturated rings. The Hall–Kier alpha value is -7.90. The molecule has 0 aliphatic carbocycles. The van der Waals surface area contributed by atoms with Crippen molar-refractivity contribution in [2.24, 2.45) is 0 Å². The maximum atomic E-state index is 15.1. The maximum Gasteiger partial charge on any atom is 0.416 e. The first-order valence-electron chi connectivity index (χ1n) is 24.2. The molecule has 378 valence electrons. The molecule has 3 aliphatic rings. The third-order valence-corrected chi connectivity index (χ3v) is 14.5. The van der Waals surface area contributed by atoms with Crippen LogP contribution in [0.5, 0.6) is 11.8 Å². The molecule has 19 heteroatoms. The van der Waals surface area contributed by atoms with Gasteiger partial charge in [0.2, 0.25) is 0 Å². The Kier molecular flexibility index (Phi) is 13.4. The van der Waals surface area contributed by atoms with Crippen molar-refractivity contribution in [3.8, 4) is 23.9 Å². The number of aromatic nitrogens is 2. The number of halogens is 6. The van der Waals surface area contributed by atoms with Crippen LogP contribution in [0.2, 0.25) is 0 Å². The van der Waals surface area contributed by atoms with E-state index in [1.54, 1.807) is 84.6 Å². The number of amides is 4. The second-order valence-corrected chi connectivity index (χ2v) is 18.7. The van der Waals surface area contributed by atoms with Crippen LogP contribution in [-0.2, 0) is 25.4 Å². The van der Waals surface area contributed by atoms with Gasteiger partial charge in [-0.05, 0) is 85.6 Å². The lowest BCUT2D eigenvalue weighted by Gasteiger charge is -2.43. The molecule has 0 saturated carbocycles. The van der Waals surface area contributed by atoms with Crippen LogP contribution in [0.3, 0.4) is 0 Å². The van der Waals surface area contributed by atoms with Crippen molar-refractivity contribution in [1.82, 2.24) is 18.9 Å². The first-order valence-corrected chi connectivity index (χ1v) is 24.2. The fourth-order valence-electron chi connectivity index (χ4n) is 10.9. The van der Waals surface area contributed by atoms with Crippen LogP contribution in [0, 0.1) is 22.7 Å². The number of aromatic hydroxyl groups is 2. The Morgan fingerprint density at radius 3 is 1.33 bits per heavy atom. The molecule has 9 rings (SSSR count). The van der Waals surface area contributed by atoms with Crippen LogP contribution in [-0.4, -0.2) is 85.0 Å². The third kappa shape index (κ3) is 9.29. The maximum absolute atomic E-state index is 15.1. The van der Waals surface area contributed by atoms with Crippen molar-refractivity contribution in [3.05, 3.63) is 154 Å². The molecular formula is C54H52F6N9O4+. The number of anilines is 4. The van der Waals surface area contributed by atoms with Gasteiger partial charge in [0.15, 0.2) is 11.8 Å². The second kappa shape index (κ2) is 19.6. The van der Waals surface area contributed by atoms with E-state index < -0.39 is 47.6 Å². The topological polar surface area (TPSA) is 145 Å². The SMILES string of the molecule is CCn1cc2c(c1O)[C@@H](c1ccc(C#N)cc1)N(CCC[N+]1(CCCN3C(=O)N(c4cccc(C(F)(F)F)c4)c4cn(CC)c(O)c4[C@H]3c3ccc(C#N)cc3)CCCC1)C(=O)N2c1cccc(C(F)(F)F)c1. The number of nitriles is 2. The van der Waals surface area contributed by atoms with Gasteiger partial charge < -0.3 is 33.6 Å². The Bertz CT molecular complexity index is 2920. The smallest absolute Gasteiger partial charge is 0.416 e. The zero-order chi connectivity index (χ0) is 52.0. The number of benzene rings is 4. The Morgan fingerprint density at radius 2 is 0.986 bits per heavy atom. The molecule has 2 N–H and O–H groups in total. The molecule has 0 radical (unpaired) electrons. The number of hydrogen-bond acceptors (Lipinski definition) is 6. The highest BCUT2D eigenvalue weighted by molar-refractivity contribution is 6.04. The summed E-state index contributed by atoms with van der Waals surface area (Å²) >= 11 is 0. The fourth-order valence-corrected chi connectivity index (χ4v) is 10.9. The Morgan fingerprint density at radius 1 is 0.603 bits per heavy atom. The van der Waals surface area contributed by atoms with E-state index in [1.165, 1.54) is 43.2 Å². The summed E-state index contributed by atoms with van der Waals surface area (Å²) in [5, 5.41) is 42.8. The summed E-state index contributed by atoms with van der Waals surface area (Å²) in [5.74, 6) is -0.316. The largest absolute Gasteiger partial charge is 0.494 e. The van der Waals surface area contributed by atoms with Crippen molar-refractivity contribution >= 4 is 34.8 Å². The quantitative estimate of drug-likeness (QED) is 0.0821. The van der Waals surface area contributed by atoms with Gasteiger partial charge in [0.25, 0.3) is 0 Å².